The minimum atomic E-state index is -0.143. The number of anilines is 2. The molecule has 0 atom stereocenters. The Balaban J connectivity index is 1.54. The maximum absolute atomic E-state index is 12.5. The van der Waals surface area contributed by atoms with Crippen molar-refractivity contribution < 1.29 is 9.59 Å². The highest BCUT2D eigenvalue weighted by Crippen LogP contribution is 2.29. The molecule has 0 spiro atoms. The van der Waals surface area contributed by atoms with E-state index in [4.69, 9.17) is 0 Å². The second-order valence-corrected chi connectivity index (χ2v) is 6.98. The second kappa shape index (κ2) is 7.53. The summed E-state index contributed by atoms with van der Waals surface area (Å²) in [5.74, 6) is 0.745. The Morgan fingerprint density at radius 2 is 1.92 bits per heavy atom. The highest BCUT2D eigenvalue weighted by atomic mass is 32.2. The van der Waals surface area contributed by atoms with Crippen LogP contribution in [0.25, 0.3) is 0 Å². The number of fused-ring (bicyclic) bond motifs is 1. The number of carbonyl (C=O) groups is 2. The molecule has 0 saturated heterocycles. The molecule has 2 amide bonds. The largest absolute Gasteiger partial charge is 0.323 e. The number of para-hydroxylation sites is 2. The maximum Gasteiger partial charge on any atom is 0.244 e. The van der Waals surface area contributed by atoms with E-state index in [-0.39, 0.29) is 18.4 Å². The van der Waals surface area contributed by atoms with Crippen LogP contribution in [-0.4, -0.2) is 24.1 Å². The van der Waals surface area contributed by atoms with Crippen LogP contribution in [0.3, 0.4) is 0 Å². The van der Waals surface area contributed by atoms with Crippen LogP contribution >= 0.6 is 11.8 Å². The zero-order valence-corrected chi connectivity index (χ0v) is 14.4. The molecule has 1 aliphatic rings. The molecule has 0 aromatic heterocycles. The van der Waals surface area contributed by atoms with Crippen molar-refractivity contribution in [1.29, 1.82) is 0 Å². The molecule has 0 bridgehead atoms. The summed E-state index contributed by atoms with van der Waals surface area (Å²) in [4.78, 5) is 27.1. The van der Waals surface area contributed by atoms with E-state index in [1.54, 1.807) is 16.7 Å². The predicted molar refractivity (Wildman–Crippen MR) is 98.6 cm³/mol. The maximum atomic E-state index is 12.5. The summed E-state index contributed by atoms with van der Waals surface area (Å²) >= 11 is 1.75. The SMILES string of the molecule is Cc1ccc(SCCCC(=O)N2CC(=O)Nc3ccccc32)cc1. The minimum Gasteiger partial charge on any atom is -0.323 e. The van der Waals surface area contributed by atoms with Gasteiger partial charge in [-0.3, -0.25) is 9.59 Å². The summed E-state index contributed by atoms with van der Waals surface area (Å²) in [5, 5.41) is 2.80. The van der Waals surface area contributed by atoms with Crippen LogP contribution < -0.4 is 10.2 Å². The lowest BCUT2D eigenvalue weighted by Crippen LogP contribution is -2.42. The summed E-state index contributed by atoms with van der Waals surface area (Å²) in [6.45, 7) is 2.17. The molecule has 2 aromatic carbocycles. The van der Waals surface area contributed by atoms with Gasteiger partial charge in [0.2, 0.25) is 11.8 Å². The Bertz CT molecular complexity index is 743. The van der Waals surface area contributed by atoms with Crippen LogP contribution in [0.5, 0.6) is 0 Å². The zero-order chi connectivity index (χ0) is 16.9. The molecule has 1 heterocycles. The topological polar surface area (TPSA) is 49.4 Å². The number of hydrogen-bond acceptors (Lipinski definition) is 3. The number of nitrogens with one attached hydrogen (secondary N) is 1. The van der Waals surface area contributed by atoms with Crippen LogP contribution in [0, 0.1) is 6.92 Å². The second-order valence-electron chi connectivity index (χ2n) is 5.81. The Morgan fingerprint density at radius 1 is 1.17 bits per heavy atom. The average Bonchev–Trinajstić information content (AvgIpc) is 2.59. The van der Waals surface area contributed by atoms with Gasteiger partial charge in [-0.1, -0.05) is 29.8 Å². The van der Waals surface area contributed by atoms with Gasteiger partial charge in [-0.05, 0) is 43.4 Å². The molecule has 0 saturated carbocycles. The fourth-order valence-corrected chi connectivity index (χ4v) is 3.49. The van der Waals surface area contributed by atoms with Gasteiger partial charge in [-0.15, -0.1) is 11.8 Å². The molecule has 0 aliphatic carbocycles. The molecule has 124 valence electrons. The summed E-state index contributed by atoms with van der Waals surface area (Å²) in [6, 6.07) is 15.8. The number of thioether (sulfide) groups is 1. The van der Waals surface area contributed by atoms with Gasteiger partial charge in [0.25, 0.3) is 0 Å². The summed E-state index contributed by atoms with van der Waals surface area (Å²) in [5.41, 5.74) is 2.74. The van der Waals surface area contributed by atoms with Crippen molar-refractivity contribution in [1.82, 2.24) is 0 Å². The van der Waals surface area contributed by atoms with Gasteiger partial charge in [0.1, 0.15) is 6.54 Å². The molecule has 24 heavy (non-hydrogen) atoms. The first kappa shape index (κ1) is 16.6. The van der Waals surface area contributed by atoms with Gasteiger partial charge in [0.15, 0.2) is 0 Å². The van der Waals surface area contributed by atoms with E-state index in [1.165, 1.54) is 10.5 Å². The molecular formula is C19H20N2O2S. The molecule has 2 aromatic rings. The van der Waals surface area contributed by atoms with E-state index >= 15 is 0 Å². The lowest BCUT2D eigenvalue weighted by Gasteiger charge is -2.29. The number of rotatable bonds is 5. The van der Waals surface area contributed by atoms with Crippen molar-refractivity contribution >= 4 is 35.0 Å². The third kappa shape index (κ3) is 3.97. The number of amides is 2. The van der Waals surface area contributed by atoms with Crippen LogP contribution in [0.2, 0.25) is 0 Å². The van der Waals surface area contributed by atoms with Crippen LogP contribution in [0.15, 0.2) is 53.4 Å². The molecule has 3 rings (SSSR count). The monoisotopic (exact) mass is 340 g/mol. The molecule has 1 N–H and O–H groups in total. The van der Waals surface area contributed by atoms with Gasteiger partial charge in [-0.25, -0.2) is 0 Å². The lowest BCUT2D eigenvalue weighted by atomic mass is 10.1. The number of carbonyl (C=O) groups excluding carboxylic acids is 2. The predicted octanol–water partition coefficient (Wildman–Crippen LogP) is 3.85. The molecule has 5 heteroatoms. The summed E-state index contributed by atoms with van der Waals surface area (Å²) in [7, 11) is 0. The van der Waals surface area contributed by atoms with E-state index in [2.05, 4.69) is 36.5 Å². The molecule has 0 unspecified atom stereocenters. The summed E-state index contributed by atoms with van der Waals surface area (Å²) in [6.07, 6.45) is 1.23. The van der Waals surface area contributed by atoms with Gasteiger partial charge in [0, 0.05) is 11.3 Å². The van der Waals surface area contributed by atoms with Crippen LogP contribution in [-0.2, 0) is 9.59 Å². The van der Waals surface area contributed by atoms with E-state index in [1.807, 2.05) is 24.3 Å². The minimum absolute atomic E-state index is 0.00167. The number of aryl methyl sites for hydroxylation is 1. The summed E-state index contributed by atoms with van der Waals surface area (Å²) < 4.78 is 0. The molecule has 0 radical (unpaired) electrons. The van der Waals surface area contributed by atoms with Gasteiger partial charge < -0.3 is 10.2 Å². The molecule has 0 fully saturated rings. The smallest absolute Gasteiger partial charge is 0.244 e. The first-order chi connectivity index (χ1) is 11.6. The van der Waals surface area contributed by atoms with Gasteiger partial charge in [0.05, 0.1) is 11.4 Å². The Morgan fingerprint density at radius 3 is 2.71 bits per heavy atom. The Hall–Kier alpha value is -2.27. The van der Waals surface area contributed by atoms with Crippen molar-refractivity contribution in [3.05, 3.63) is 54.1 Å². The fourth-order valence-electron chi connectivity index (χ4n) is 2.64. The first-order valence-corrected chi connectivity index (χ1v) is 9.01. The number of nitrogens with zero attached hydrogens (tertiary/aromatic N) is 1. The van der Waals surface area contributed by atoms with E-state index in [9.17, 15) is 9.59 Å². The Labute approximate surface area is 146 Å². The third-order valence-electron chi connectivity index (χ3n) is 3.90. The molecular weight excluding hydrogens is 320 g/mol. The van der Waals surface area contributed by atoms with Gasteiger partial charge >= 0.3 is 0 Å². The third-order valence-corrected chi connectivity index (χ3v) is 4.99. The van der Waals surface area contributed by atoms with Crippen molar-refractivity contribution in [2.24, 2.45) is 0 Å². The fraction of sp³-hybridized carbons (Fsp3) is 0.263. The quantitative estimate of drug-likeness (QED) is 0.664. The number of benzene rings is 2. The van der Waals surface area contributed by atoms with Crippen LogP contribution in [0.4, 0.5) is 11.4 Å². The first-order valence-electron chi connectivity index (χ1n) is 8.02. The normalized spacial score (nSPS) is 13.4. The van der Waals surface area contributed by atoms with E-state index < -0.39 is 0 Å². The van der Waals surface area contributed by atoms with Crippen LogP contribution in [0.1, 0.15) is 18.4 Å². The van der Waals surface area contributed by atoms with E-state index in [0.717, 1.165) is 17.9 Å². The average molecular weight is 340 g/mol. The number of hydrogen-bond donors (Lipinski definition) is 1. The van der Waals surface area contributed by atoms with Crippen molar-refractivity contribution in [2.45, 2.75) is 24.7 Å². The Kier molecular flexibility index (Phi) is 5.20. The standard InChI is InChI=1S/C19H20N2O2S/c1-14-8-10-15(11-9-14)24-12-4-7-19(23)21-13-18(22)20-16-5-2-3-6-17(16)21/h2-3,5-6,8-11H,4,7,12-13H2,1H3,(H,20,22). The van der Waals surface area contributed by atoms with E-state index in [0.29, 0.717) is 12.1 Å². The van der Waals surface area contributed by atoms with Gasteiger partial charge in [-0.2, -0.15) is 0 Å². The lowest BCUT2D eigenvalue weighted by molar-refractivity contribution is -0.121. The molecule has 1 aliphatic heterocycles. The molecule has 4 nitrogen and oxygen atoms in total. The zero-order valence-electron chi connectivity index (χ0n) is 13.6. The highest BCUT2D eigenvalue weighted by Gasteiger charge is 2.25. The van der Waals surface area contributed by atoms with Crippen molar-refractivity contribution in [2.75, 3.05) is 22.5 Å². The van der Waals surface area contributed by atoms with Crippen molar-refractivity contribution in [3.8, 4) is 0 Å². The van der Waals surface area contributed by atoms with Crippen molar-refractivity contribution in [3.63, 3.8) is 0 Å². The highest BCUT2D eigenvalue weighted by molar-refractivity contribution is 7.99.